The van der Waals surface area contributed by atoms with Gasteiger partial charge in [0.05, 0.1) is 11.9 Å². The van der Waals surface area contributed by atoms with Crippen LogP contribution in [0.15, 0.2) is 36.5 Å². The van der Waals surface area contributed by atoms with E-state index in [9.17, 15) is 4.79 Å². The number of aromatic amines is 1. The predicted molar refractivity (Wildman–Crippen MR) is 74.6 cm³/mol. The SMILES string of the molecule is Cc1cn[nH]c1NC(=O)CSCc1ccccc1. The van der Waals surface area contributed by atoms with Gasteiger partial charge in [0.2, 0.25) is 5.91 Å². The van der Waals surface area contributed by atoms with Crippen LogP contribution in [-0.2, 0) is 10.5 Å². The minimum absolute atomic E-state index is 0.0109. The molecule has 0 unspecified atom stereocenters. The first kappa shape index (κ1) is 12.7. The molecular formula is C13H15N3OS. The van der Waals surface area contributed by atoms with Gasteiger partial charge < -0.3 is 5.32 Å². The van der Waals surface area contributed by atoms with Gasteiger partial charge in [-0.3, -0.25) is 9.89 Å². The van der Waals surface area contributed by atoms with Gasteiger partial charge in [-0.2, -0.15) is 5.10 Å². The van der Waals surface area contributed by atoms with Crippen LogP contribution >= 0.6 is 11.8 Å². The maximum Gasteiger partial charge on any atom is 0.235 e. The summed E-state index contributed by atoms with van der Waals surface area (Å²) in [5, 5.41) is 9.41. The van der Waals surface area contributed by atoms with E-state index in [2.05, 4.69) is 27.6 Å². The van der Waals surface area contributed by atoms with Crippen molar-refractivity contribution in [2.45, 2.75) is 12.7 Å². The Kier molecular flexibility index (Phi) is 4.41. The average molecular weight is 261 g/mol. The van der Waals surface area contributed by atoms with Crippen molar-refractivity contribution in [1.82, 2.24) is 10.2 Å². The van der Waals surface area contributed by atoms with Crippen LogP contribution in [0.5, 0.6) is 0 Å². The van der Waals surface area contributed by atoms with E-state index in [1.54, 1.807) is 18.0 Å². The molecule has 0 spiro atoms. The number of carbonyl (C=O) groups excluding carboxylic acids is 1. The van der Waals surface area contributed by atoms with Crippen molar-refractivity contribution in [3.63, 3.8) is 0 Å². The highest BCUT2D eigenvalue weighted by Crippen LogP contribution is 2.13. The number of amides is 1. The topological polar surface area (TPSA) is 57.8 Å². The van der Waals surface area contributed by atoms with Gasteiger partial charge in [-0.1, -0.05) is 30.3 Å². The molecule has 0 saturated heterocycles. The number of hydrogen-bond acceptors (Lipinski definition) is 3. The number of H-pyrrole nitrogens is 1. The van der Waals surface area contributed by atoms with Crippen molar-refractivity contribution in [2.75, 3.05) is 11.1 Å². The number of carbonyl (C=O) groups is 1. The Morgan fingerprint density at radius 3 is 2.83 bits per heavy atom. The molecule has 18 heavy (non-hydrogen) atoms. The van der Waals surface area contributed by atoms with Crippen LogP contribution in [0.1, 0.15) is 11.1 Å². The van der Waals surface area contributed by atoms with E-state index >= 15 is 0 Å². The molecule has 0 atom stereocenters. The van der Waals surface area contributed by atoms with E-state index < -0.39 is 0 Å². The summed E-state index contributed by atoms with van der Waals surface area (Å²) < 4.78 is 0. The Balaban J connectivity index is 1.74. The highest BCUT2D eigenvalue weighted by atomic mass is 32.2. The van der Waals surface area contributed by atoms with Crippen molar-refractivity contribution in [2.24, 2.45) is 0 Å². The molecule has 1 heterocycles. The molecule has 5 heteroatoms. The number of aryl methyl sites for hydroxylation is 1. The van der Waals surface area contributed by atoms with Crippen molar-refractivity contribution >= 4 is 23.5 Å². The number of thioether (sulfide) groups is 1. The van der Waals surface area contributed by atoms with Crippen LogP contribution in [0.3, 0.4) is 0 Å². The van der Waals surface area contributed by atoms with Gasteiger partial charge in [-0.25, -0.2) is 0 Å². The maximum atomic E-state index is 11.7. The number of benzene rings is 1. The maximum absolute atomic E-state index is 11.7. The smallest absolute Gasteiger partial charge is 0.235 e. The molecule has 1 amide bonds. The average Bonchev–Trinajstić information content (AvgIpc) is 2.76. The zero-order chi connectivity index (χ0) is 12.8. The quantitative estimate of drug-likeness (QED) is 0.869. The predicted octanol–water partition coefficient (Wildman–Crippen LogP) is 2.59. The van der Waals surface area contributed by atoms with Crippen LogP contribution in [0.2, 0.25) is 0 Å². The number of nitrogens with zero attached hydrogens (tertiary/aromatic N) is 1. The fourth-order valence-corrected chi connectivity index (χ4v) is 2.27. The number of nitrogens with one attached hydrogen (secondary N) is 2. The van der Waals surface area contributed by atoms with E-state index in [-0.39, 0.29) is 5.91 Å². The third-order valence-corrected chi connectivity index (χ3v) is 3.44. The number of anilines is 1. The molecule has 2 rings (SSSR count). The molecule has 2 aromatic rings. The number of rotatable bonds is 5. The minimum Gasteiger partial charge on any atom is -0.310 e. The summed E-state index contributed by atoms with van der Waals surface area (Å²) in [6.07, 6.45) is 1.69. The van der Waals surface area contributed by atoms with E-state index in [4.69, 9.17) is 0 Å². The summed E-state index contributed by atoms with van der Waals surface area (Å²) in [5.41, 5.74) is 2.17. The zero-order valence-electron chi connectivity index (χ0n) is 10.1. The standard InChI is InChI=1S/C13H15N3OS/c1-10-7-14-16-13(10)15-12(17)9-18-8-11-5-3-2-4-6-11/h2-7H,8-9H2,1H3,(H2,14,15,16,17). The molecule has 1 aromatic heterocycles. The lowest BCUT2D eigenvalue weighted by Gasteiger charge is -2.04. The Hall–Kier alpha value is -1.75. The van der Waals surface area contributed by atoms with Crippen LogP contribution in [-0.4, -0.2) is 21.9 Å². The highest BCUT2D eigenvalue weighted by molar-refractivity contribution is 7.99. The Morgan fingerprint density at radius 1 is 1.39 bits per heavy atom. The fraction of sp³-hybridized carbons (Fsp3) is 0.231. The summed E-state index contributed by atoms with van der Waals surface area (Å²) in [6, 6.07) is 10.1. The lowest BCUT2D eigenvalue weighted by Crippen LogP contribution is -2.15. The molecule has 0 bridgehead atoms. The summed E-state index contributed by atoms with van der Waals surface area (Å²) in [7, 11) is 0. The highest BCUT2D eigenvalue weighted by Gasteiger charge is 2.06. The van der Waals surface area contributed by atoms with Crippen LogP contribution in [0, 0.1) is 6.92 Å². The lowest BCUT2D eigenvalue weighted by atomic mass is 10.2. The summed E-state index contributed by atoms with van der Waals surface area (Å²) in [6.45, 7) is 1.90. The molecule has 0 aliphatic heterocycles. The molecule has 0 fully saturated rings. The van der Waals surface area contributed by atoms with Gasteiger partial charge in [-0.15, -0.1) is 11.8 Å². The largest absolute Gasteiger partial charge is 0.310 e. The van der Waals surface area contributed by atoms with Gasteiger partial charge in [0.15, 0.2) is 0 Å². The van der Waals surface area contributed by atoms with Crippen molar-refractivity contribution < 1.29 is 4.79 Å². The first-order valence-corrected chi connectivity index (χ1v) is 6.82. The molecule has 0 aliphatic rings. The molecule has 0 radical (unpaired) electrons. The first-order valence-electron chi connectivity index (χ1n) is 5.67. The normalized spacial score (nSPS) is 10.3. The van der Waals surface area contributed by atoms with Crippen LogP contribution in [0.25, 0.3) is 0 Å². The van der Waals surface area contributed by atoms with Gasteiger partial charge in [-0.05, 0) is 12.5 Å². The summed E-state index contributed by atoms with van der Waals surface area (Å²) >= 11 is 1.60. The molecule has 2 N–H and O–H groups in total. The van der Waals surface area contributed by atoms with Crippen molar-refractivity contribution in [3.8, 4) is 0 Å². The molecule has 1 aromatic carbocycles. The van der Waals surface area contributed by atoms with Gasteiger partial charge in [0.25, 0.3) is 0 Å². The van der Waals surface area contributed by atoms with E-state index in [0.29, 0.717) is 11.6 Å². The van der Waals surface area contributed by atoms with Crippen molar-refractivity contribution in [3.05, 3.63) is 47.7 Å². The van der Waals surface area contributed by atoms with Crippen LogP contribution in [0.4, 0.5) is 5.82 Å². The summed E-state index contributed by atoms with van der Waals surface area (Å²) in [5.74, 6) is 1.95. The van der Waals surface area contributed by atoms with E-state index in [1.165, 1.54) is 5.56 Å². The van der Waals surface area contributed by atoms with E-state index in [0.717, 1.165) is 11.3 Å². The fourth-order valence-electron chi connectivity index (χ4n) is 1.48. The van der Waals surface area contributed by atoms with Gasteiger partial charge in [0, 0.05) is 11.3 Å². The molecule has 0 aliphatic carbocycles. The molecule has 4 nitrogen and oxygen atoms in total. The molecular weight excluding hydrogens is 246 g/mol. The second-order valence-electron chi connectivity index (χ2n) is 3.95. The van der Waals surface area contributed by atoms with Crippen LogP contribution < -0.4 is 5.32 Å². The Morgan fingerprint density at radius 2 is 2.17 bits per heavy atom. The third-order valence-electron chi connectivity index (χ3n) is 2.44. The lowest BCUT2D eigenvalue weighted by molar-refractivity contribution is -0.113. The zero-order valence-corrected chi connectivity index (χ0v) is 11.0. The summed E-state index contributed by atoms with van der Waals surface area (Å²) in [4.78, 5) is 11.7. The Labute approximate surface area is 110 Å². The first-order chi connectivity index (χ1) is 8.75. The second-order valence-corrected chi connectivity index (χ2v) is 4.94. The molecule has 94 valence electrons. The molecule has 0 saturated carbocycles. The van der Waals surface area contributed by atoms with Gasteiger partial charge in [0.1, 0.15) is 5.82 Å². The van der Waals surface area contributed by atoms with Crippen molar-refractivity contribution in [1.29, 1.82) is 0 Å². The third kappa shape index (κ3) is 3.63. The minimum atomic E-state index is -0.0109. The second kappa shape index (κ2) is 6.26. The number of hydrogen-bond donors (Lipinski definition) is 2. The van der Waals surface area contributed by atoms with Gasteiger partial charge >= 0.3 is 0 Å². The Bertz CT molecular complexity index is 510. The number of aromatic nitrogens is 2. The van der Waals surface area contributed by atoms with E-state index in [1.807, 2.05) is 25.1 Å². The monoisotopic (exact) mass is 261 g/mol.